The molecule has 0 radical (unpaired) electrons. The molecule has 0 atom stereocenters. The first-order chi connectivity index (χ1) is 7.27. The van der Waals surface area contributed by atoms with Gasteiger partial charge in [-0.2, -0.15) is 15.0 Å². The molecule has 0 aliphatic carbocycles. The van der Waals surface area contributed by atoms with Crippen LogP contribution in [0.2, 0.25) is 5.15 Å². The van der Waals surface area contributed by atoms with Crippen molar-refractivity contribution < 1.29 is 0 Å². The summed E-state index contributed by atoms with van der Waals surface area (Å²) in [6, 6.07) is 2.06. The molecule has 0 saturated carbocycles. The smallest absolute Gasteiger partial charge is 0.211 e. The molecule has 2 heterocycles. The summed E-state index contributed by atoms with van der Waals surface area (Å²) < 4.78 is 1.50. The van der Waals surface area contributed by atoms with Gasteiger partial charge in [-0.3, -0.25) is 0 Å². The number of hydrogen-bond acceptors (Lipinski definition) is 4. The maximum Gasteiger partial charge on any atom is 0.211 e. The average molecular weight is 239 g/mol. The second kappa shape index (κ2) is 4.01. The van der Waals surface area contributed by atoms with E-state index in [4.69, 9.17) is 16.9 Å². The molecule has 2 aromatic heterocycles. The Bertz CT molecular complexity index is 509. The van der Waals surface area contributed by atoms with Crippen molar-refractivity contribution in [1.29, 1.82) is 5.26 Å². The molecule has 0 amide bonds. The van der Waals surface area contributed by atoms with Gasteiger partial charge in [-0.05, 0) is 6.42 Å². The lowest BCUT2D eigenvalue weighted by Gasteiger charge is -1.94. The lowest BCUT2D eigenvalue weighted by atomic mass is 10.2. The highest BCUT2D eigenvalue weighted by molar-refractivity contribution is 7.12. The van der Waals surface area contributed by atoms with Crippen molar-refractivity contribution in [1.82, 2.24) is 14.8 Å². The molecule has 0 aliphatic heterocycles. The monoisotopic (exact) mass is 238 g/mol. The topological polar surface area (TPSA) is 54.5 Å². The fourth-order valence-electron chi connectivity index (χ4n) is 1.24. The number of aromatic nitrogens is 3. The van der Waals surface area contributed by atoms with Crippen molar-refractivity contribution in [2.45, 2.75) is 13.3 Å². The van der Waals surface area contributed by atoms with Gasteiger partial charge in [0.15, 0.2) is 5.15 Å². The van der Waals surface area contributed by atoms with Crippen LogP contribution in [-0.4, -0.2) is 14.8 Å². The fraction of sp³-hybridized carbons (Fsp3) is 0.222. The van der Waals surface area contributed by atoms with E-state index in [9.17, 15) is 0 Å². The van der Waals surface area contributed by atoms with Crippen molar-refractivity contribution in [3.8, 4) is 11.2 Å². The van der Waals surface area contributed by atoms with Crippen LogP contribution in [0.1, 0.15) is 18.2 Å². The second-order valence-corrected chi connectivity index (χ2v) is 4.04. The normalized spacial score (nSPS) is 10.2. The first-order valence-electron chi connectivity index (χ1n) is 4.35. The molecule has 15 heavy (non-hydrogen) atoms. The number of halogens is 1. The molecule has 4 nitrogen and oxygen atoms in total. The van der Waals surface area contributed by atoms with Gasteiger partial charge >= 0.3 is 0 Å². The first kappa shape index (κ1) is 10.1. The predicted octanol–water partition coefficient (Wildman–Crippen LogP) is 2.42. The van der Waals surface area contributed by atoms with E-state index in [-0.39, 0.29) is 0 Å². The highest BCUT2D eigenvalue weighted by atomic mass is 35.5. The molecule has 0 spiro atoms. The largest absolute Gasteiger partial charge is 0.227 e. The second-order valence-electron chi connectivity index (χ2n) is 2.80. The van der Waals surface area contributed by atoms with Crippen LogP contribution < -0.4 is 0 Å². The molecule has 0 unspecified atom stereocenters. The van der Waals surface area contributed by atoms with Crippen LogP contribution in [0.25, 0.3) is 5.13 Å². The third-order valence-electron chi connectivity index (χ3n) is 1.95. The predicted molar refractivity (Wildman–Crippen MR) is 58.3 cm³/mol. The zero-order valence-corrected chi connectivity index (χ0v) is 9.51. The molecular formula is C9H7ClN4S. The van der Waals surface area contributed by atoms with Crippen molar-refractivity contribution in [3.63, 3.8) is 0 Å². The Balaban J connectivity index is 2.61. The number of rotatable bonds is 2. The maximum atomic E-state index is 8.94. The van der Waals surface area contributed by atoms with Crippen LogP contribution in [0.3, 0.4) is 0 Å². The number of hydrogen-bond donors (Lipinski definition) is 0. The van der Waals surface area contributed by atoms with Gasteiger partial charge in [0.25, 0.3) is 0 Å². The Hall–Kier alpha value is -1.38. The zero-order valence-electron chi connectivity index (χ0n) is 7.94. The van der Waals surface area contributed by atoms with Gasteiger partial charge in [0, 0.05) is 11.6 Å². The Kier molecular flexibility index (Phi) is 2.71. The minimum absolute atomic E-state index is 0.337. The summed E-state index contributed by atoms with van der Waals surface area (Å²) in [5, 5.41) is 16.0. The maximum absolute atomic E-state index is 8.94. The molecule has 6 heteroatoms. The van der Waals surface area contributed by atoms with Crippen LogP contribution in [0.4, 0.5) is 0 Å². The summed E-state index contributed by atoms with van der Waals surface area (Å²) in [6.07, 6.45) is 2.36. The van der Waals surface area contributed by atoms with Gasteiger partial charge in [-0.1, -0.05) is 18.5 Å². The lowest BCUT2D eigenvalue weighted by Crippen LogP contribution is -1.95. The Labute approximate surface area is 95.7 Å². The van der Waals surface area contributed by atoms with Crippen LogP contribution in [0.15, 0.2) is 11.6 Å². The summed E-state index contributed by atoms with van der Waals surface area (Å²) in [4.78, 5) is 4.10. The van der Waals surface area contributed by atoms with E-state index in [1.54, 1.807) is 6.20 Å². The highest BCUT2D eigenvalue weighted by Crippen LogP contribution is 2.24. The SMILES string of the molecule is CCc1nn(-c2nccs2)c(Cl)c1C#N. The molecular weight excluding hydrogens is 232 g/mol. The molecule has 0 aromatic carbocycles. The van der Waals surface area contributed by atoms with Crippen LogP contribution in [-0.2, 0) is 6.42 Å². The average Bonchev–Trinajstić information content (AvgIpc) is 2.84. The molecule has 0 saturated heterocycles. The van der Waals surface area contributed by atoms with Gasteiger partial charge in [0.2, 0.25) is 5.13 Å². The summed E-state index contributed by atoms with van der Waals surface area (Å²) in [5.74, 6) is 0. The molecule has 0 fully saturated rings. The van der Waals surface area contributed by atoms with Gasteiger partial charge in [-0.25, -0.2) is 4.98 Å². The summed E-state index contributed by atoms with van der Waals surface area (Å²) >= 11 is 7.47. The zero-order chi connectivity index (χ0) is 10.8. The number of thiazole rings is 1. The summed E-state index contributed by atoms with van der Waals surface area (Å²) in [5.41, 5.74) is 1.15. The van der Waals surface area contributed by atoms with Crippen LogP contribution >= 0.6 is 22.9 Å². The number of aryl methyl sites for hydroxylation is 1. The third-order valence-corrected chi connectivity index (χ3v) is 3.04. The lowest BCUT2D eigenvalue weighted by molar-refractivity contribution is 0.834. The van der Waals surface area contributed by atoms with Crippen molar-refractivity contribution in [2.24, 2.45) is 0 Å². The van der Waals surface area contributed by atoms with E-state index >= 15 is 0 Å². The number of nitrogens with zero attached hydrogens (tertiary/aromatic N) is 4. The van der Waals surface area contributed by atoms with E-state index in [1.807, 2.05) is 12.3 Å². The number of nitriles is 1. The molecule has 76 valence electrons. The minimum atomic E-state index is 0.337. The standard InChI is InChI=1S/C9H7ClN4S/c1-2-7-6(5-11)8(10)14(13-7)9-12-3-4-15-9/h3-4H,2H2,1H3. The first-order valence-corrected chi connectivity index (χ1v) is 5.61. The Morgan fingerprint density at radius 3 is 2.93 bits per heavy atom. The fourth-order valence-corrected chi connectivity index (χ4v) is 2.16. The minimum Gasteiger partial charge on any atom is -0.227 e. The highest BCUT2D eigenvalue weighted by Gasteiger charge is 2.16. The Morgan fingerprint density at radius 1 is 1.67 bits per heavy atom. The molecule has 0 N–H and O–H groups in total. The summed E-state index contributed by atoms with van der Waals surface area (Å²) in [6.45, 7) is 1.94. The van der Waals surface area contributed by atoms with Crippen molar-refractivity contribution >= 4 is 22.9 Å². The Morgan fingerprint density at radius 2 is 2.47 bits per heavy atom. The van der Waals surface area contributed by atoms with Gasteiger partial charge in [0.05, 0.1) is 5.69 Å². The van der Waals surface area contributed by atoms with E-state index in [1.165, 1.54) is 16.0 Å². The van der Waals surface area contributed by atoms with Gasteiger partial charge in [-0.15, -0.1) is 11.3 Å². The molecule has 0 bridgehead atoms. The van der Waals surface area contributed by atoms with E-state index in [0.29, 0.717) is 28.0 Å². The van der Waals surface area contributed by atoms with Gasteiger partial charge in [0.1, 0.15) is 11.6 Å². The van der Waals surface area contributed by atoms with Crippen molar-refractivity contribution in [3.05, 3.63) is 28.0 Å². The molecule has 2 rings (SSSR count). The van der Waals surface area contributed by atoms with Crippen LogP contribution in [0.5, 0.6) is 0 Å². The van der Waals surface area contributed by atoms with Crippen LogP contribution in [0, 0.1) is 11.3 Å². The van der Waals surface area contributed by atoms with Gasteiger partial charge < -0.3 is 0 Å². The van der Waals surface area contributed by atoms with E-state index in [0.717, 1.165) is 0 Å². The van der Waals surface area contributed by atoms with Crippen molar-refractivity contribution in [2.75, 3.05) is 0 Å². The molecule has 0 aliphatic rings. The van der Waals surface area contributed by atoms with E-state index < -0.39 is 0 Å². The molecule has 2 aromatic rings. The van der Waals surface area contributed by atoms with E-state index in [2.05, 4.69) is 16.2 Å². The third kappa shape index (κ3) is 1.62. The summed E-state index contributed by atoms with van der Waals surface area (Å²) in [7, 11) is 0. The quantitative estimate of drug-likeness (QED) is 0.807.